The average Bonchev–Trinajstić information content (AvgIpc) is 3.04. The maximum atomic E-state index is 13.8. The van der Waals surface area contributed by atoms with E-state index in [0.29, 0.717) is 28.3 Å². The molecule has 0 spiro atoms. The highest BCUT2D eigenvalue weighted by Crippen LogP contribution is 2.25. The number of rotatable bonds is 3. The van der Waals surface area contributed by atoms with E-state index in [1.165, 1.54) is 6.07 Å². The van der Waals surface area contributed by atoms with Gasteiger partial charge in [0.05, 0.1) is 11.3 Å². The predicted molar refractivity (Wildman–Crippen MR) is 87.3 cm³/mol. The molecule has 118 valence electrons. The molecule has 3 aromatic rings. The van der Waals surface area contributed by atoms with Crippen LogP contribution in [0.1, 0.15) is 22.6 Å². The summed E-state index contributed by atoms with van der Waals surface area (Å²) in [5.74, 6) is 0.551. The first-order valence-corrected chi connectivity index (χ1v) is 7.12. The van der Waals surface area contributed by atoms with Crippen molar-refractivity contribution in [2.45, 2.75) is 6.92 Å². The van der Waals surface area contributed by atoms with Crippen molar-refractivity contribution < 1.29 is 8.81 Å². The van der Waals surface area contributed by atoms with Crippen molar-refractivity contribution in [2.24, 2.45) is 0 Å². The molecule has 0 fully saturated rings. The summed E-state index contributed by atoms with van der Waals surface area (Å²) in [5, 5.41) is 15.2. The second-order valence-electron chi connectivity index (χ2n) is 5.06. The lowest BCUT2D eigenvalue weighted by molar-refractivity contribution is 0.561. The van der Waals surface area contributed by atoms with E-state index in [9.17, 15) is 9.18 Å². The minimum Gasteiger partial charge on any atom is -0.457 e. The number of aromatic amines is 1. The average molecular weight is 321 g/mol. The number of aromatic nitrogens is 2. The molecule has 0 aliphatic carbocycles. The van der Waals surface area contributed by atoms with E-state index < -0.39 is 5.56 Å². The van der Waals surface area contributed by atoms with Crippen molar-refractivity contribution >= 4 is 12.2 Å². The minimum atomic E-state index is -0.521. The monoisotopic (exact) mass is 321 g/mol. The molecule has 0 aliphatic heterocycles. The smallest absolute Gasteiger partial charge is 0.282 e. The Morgan fingerprint density at radius 1 is 1.25 bits per heavy atom. The first-order chi connectivity index (χ1) is 11.6. The van der Waals surface area contributed by atoms with Gasteiger partial charge in [-0.3, -0.25) is 4.79 Å². The lowest BCUT2D eigenvalue weighted by atomic mass is 10.1. The van der Waals surface area contributed by atoms with Crippen LogP contribution in [0.25, 0.3) is 23.5 Å². The zero-order valence-corrected chi connectivity index (χ0v) is 12.7. The lowest BCUT2D eigenvalue weighted by Gasteiger charge is -1.99. The van der Waals surface area contributed by atoms with Crippen molar-refractivity contribution in [3.63, 3.8) is 0 Å². The van der Waals surface area contributed by atoms with Gasteiger partial charge in [-0.05, 0) is 48.9 Å². The third kappa shape index (κ3) is 2.88. The van der Waals surface area contributed by atoms with Crippen molar-refractivity contribution in [3.8, 4) is 17.4 Å². The first kappa shape index (κ1) is 15.4. The highest BCUT2D eigenvalue weighted by Gasteiger charge is 2.09. The largest absolute Gasteiger partial charge is 0.457 e. The van der Waals surface area contributed by atoms with Crippen LogP contribution in [0.2, 0.25) is 0 Å². The molecule has 3 rings (SSSR count). The number of furan rings is 1. The number of benzene rings is 1. The van der Waals surface area contributed by atoms with Crippen LogP contribution in [-0.4, -0.2) is 10.2 Å². The molecule has 0 radical (unpaired) electrons. The molecule has 1 N–H and O–H groups in total. The summed E-state index contributed by atoms with van der Waals surface area (Å²) < 4.78 is 19.4. The van der Waals surface area contributed by atoms with Crippen LogP contribution in [0.3, 0.4) is 0 Å². The second kappa shape index (κ2) is 6.34. The Balaban J connectivity index is 1.91. The Bertz CT molecular complexity index is 1030. The highest BCUT2D eigenvalue weighted by molar-refractivity contribution is 5.69. The lowest BCUT2D eigenvalue weighted by Crippen LogP contribution is -2.15. The summed E-state index contributed by atoms with van der Waals surface area (Å²) in [6.07, 6.45) is 3.26. The fraction of sp³-hybridized carbons (Fsp3) is 0.0556. The van der Waals surface area contributed by atoms with E-state index in [4.69, 9.17) is 9.68 Å². The van der Waals surface area contributed by atoms with Crippen LogP contribution in [0, 0.1) is 24.1 Å². The van der Waals surface area contributed by atoms with E-state index in [1.54, 1.807) is 49.4 Å². The van der Waals surface area contributed by atoms with E-state index in [-0.39, 0.29) is 11.4 Å². The van der Waals surface area contributed by atoms with Gasteiger partial charge in [0.2, 0.25) is 0 Å². The minimum absolute atomic E-state index is 0.0242. The molecule has 6 heteroatoms. The van der Waals surface area contributed by atoms with Crippen molar-refractivity contribution in [3.05, 3.63) is 75.2 Å². The normalized spacial score (nSPS) is 10.9. The van der Waals surface area contributed by atoms with Gasteiger partial charge in [0.25, 0.3) is 5.56 Å². The highest BCUT2D eigenvalue weighted by atomic mass is 19.1. The van der Waals surface area contributed by atoms with Gasteiger partial charge in [-0.1, -0.05) is 12.1 Å². The molecule has 0 aliphatic rings. The standard InChI is InChI=1S/C18H12FN3O2/c1-11-14(10-20)18(23)22-21-16(11)8-6-12-7-9-17(24-12)13-4-2-3-5-15(13)19/h2-9H,1H3,(H,22,23)/b8-6+. The first-order valence-electron chi connectivity index (χ1n) is 7.12. The molecule has 5 nitrogen and oxygen atoms in total. The number of halogens is 1. The van der Waals surface area contributed by atoms with E-state index in [1.807, 2.05) is 6.07 Å². The summed E-state index contributed by atoms with van der Waals surface area (Å²) >= 11 is 0. The number of nitriles is 1. The number of nitrogens with zero attached hydrogens (tertiary/aromatic N) is 2. The zero-order chi connectivity index (χ0) is 17.1. The molecule has 24 heavy (non-hydrogen) atoms. The maximum absolute atomic E-state index is 13.8. The Morgan fingerprint density at radius 2 is 2.04 bits per heavy atom. The fourth-order valence-corrected chi connectivity index (χ4v) is 2.26. The summed E-state index contributed by atoms with van der Waals surface area (Å²) in [6.45, 7) is 1.65. The van der Waals surface area contributed by atoms with Crippen LogP contribution in [-0.2, 0) is 0 Å². The van der Waals surface area contributed by atoms with Gasteiger partial charge in [-0.15, -0.1) is 0 Å². The summed E-state index contributed by atoms with van der Waals surface area (Å²) in [4.78, 5) is 11.5. The Hall–Kier alpha value is -3.46. The molecule has 0 saturated heterocycles. The topological polar surface area (TPSA) is 82.7 Å². The van der Waals surface area contributed by atoms with Crippen molar-refractivity contribution in [1.29, 1.82) is 5.26 Å². The third-order valence-corrected chi connectivity index (χ3v) is 3.55. The van der Waals surface area contributed by atoms with Crippen LogP contribution in [0.4, 0.5) is 4.39 Å². The van der Waals surface area contributed by atoms with Crippen LogP contribution >= 0.6 is 0 Å². The van der Waals surface area contributed by atoms with Gasteiger partial charge < -0.3 is 4.42 Å². The zero-order valence-electron chi connectivity index (χ0n) is 12.7. The molecule has 2 heterocycles. The van der Waals surface area contributed by atoms with Gasteiger partial charge in [-0.2, -0.15) is 10.4 Å². The second-order valence-corrected chi connectivity index (χ2v) is 5.06. The Morgan fingerprint density at radius 3 is 2.79 bits per heavy atom. The maximum Gasteiger partial charge on any atom is 0.282 e. The molecule has 1 aromatic carbocycles. The van der Waals surface area contributed by atoms with Crippen molar-refractivity contribution in [2.75, 3.05) is 0 Å². The van der Waals surface area contributed by atoms with E-state index in [2.05, 4.69) is 10.2 Å². The number of hydrogen-bond donors (Lipinski definition) is 1. The van der Waals surface area contributed by atoms with E-state index >= 15 is 0 Å². The van der Waals surface area contributed by atoms with Gasteiger partial charge in [-0.25, -0.2) is 9.49 Å². The molecule has 0 atom stereocenters. The quantitative estimate of drug-likeness (QED) is 0.800. The number of hydrogen-bond acceptors (Lipinski definition) is 4. The van der Waals surface area contributed by atoms with Gasteiger partial charge in [0.15, 0.2) is 0 Å². The molecular formula is C18H12FN3O2. The van der Waals surface area contributed by atoms with Gasteiger partial charge >= 0.3 is 0 Å². The number of nitrogens with one attached hydrogen (secondary N) is 1. The third-order valence-electron chi connectivity index (χ3n) is 3.55. The Kier molecular flexibility index (Phi) is 4.08. The Labute approximate surface area is 136 Å². The molecule has 0 amide bonds. The number of H-pyrrole nitrogens is 1. The van der Waals surface area contributed by atoms with Gasteiger partial charge in [0.1, 0.15) is 29.0 Å². The van der Waals surface area contributed by atoms with Crippen LogP contribution in [0.5, 0.6) is 0 Å². The van der Waals surface area contributed by atoms with Crippen LogP contribution in [0.15, 0.2) is 45.6 Å². The summed E-state index contributed by atoms with van der Waals surface area (Å²) in [7, 11) is 0. The summed E-state index contributed by atoms with van der Waals surface area (Å²) in [5.41, 5.74) is 0.818. The van der Waals surface area contributed by atoms with Crippen LogP contribution < -0.4 is 5.56 Å². The van der Waals surface area contributed by atoms with E-state index in [0.717, 1.165) is 0 Å². The molecule has 0 unspecified atom stereocenters. The molecule has 0 saturated carbocycles. The fourth-order valence-electron chi connectivity index (χ4n) is 2.26. The van der Waals surface area contributed by atoms with Crippen molar-refractivity contribution in [1.82, 2.24) is 10.2 Å². The molecular weight excluding hydrogens is 309 g/mol. The summed E-state index contributed by atoms with van der Waals surface area (Å²) in [6, 6.07) is 11.6. The molecule has 2 aromatic heterocycles. The van der Waals surface area contributed by atoms with Gasteiger partial charge in [0, 0.05) is 0 Å². The predicted octanol–water partition coefficient (Wildman–Crippen LogP) is 3.52. The SMILES string of the molecule is Cc1c(/C=C/c2ccc(-c3ccccc3F)o2)n[nH]c(=O)c1C#N. The molecule has 0 bridgehead atoms.